The molecule has 2 aromatic rings. The number of hydrogen-bond acceptors (Lipinski definition) is 8. The van der Waals surface area contributed by atoms with Crippen molar-refractivity contribution in [3.8, 4) is 0 Å². The van der Waals surface area contributed by atoms with Crippen molar-refractivity contribution < 1.29 is 22.4 Å². The van der Waals surface area contributed by atoms with Crippen molar-refractivity contribution >= 4 is 35.8 Å². The highest BCUT2D eigenvalue weighted by atomic mass is 32.2. The van der Waals surface area contributed by atoms with Crippen LogP contribution in [0.1, 0.15) is 28.9 Å². The fourth-order valence-electron chi connectivity index (χ4n) is 4.70. The number of halogens is 4. The molecule has 1 fully saturated rings. The lowest BCUT2D eigenvalue weighted by atomic mass is 9.65. The van der Waals surface area contributed by atoms with Gasteiger partial charge in [0.2, 0.25) is 0 Å². The number of pyridine rings is 1. The minimum absolute atomic E-state index is 0.0509. The van der Waals surface area contributed by atoms with Crippen molar-refractivity contribution in [3.63, 3.8) is 0 Å². The Morgan fingerprint density at radius 1 is 1.21 bits per heavy atom. The first-order chi connectivity index (χ1) is 18.6. The third kappa shape index (κ3) is 6.12. The molecule has 0 bridgehead atoms. The molecule has 4 N–H and O–H groups in total. The Kier molecular flexibility index (Phi) is 8.36. The molecule has 1 unspecified atom stereocenters. The fraction of sp³-hybridized carbons (Fsp3) is 0.259. The van der Waals surface area contributed by atoms with E-state index in [9.17, 15) is 22.4 Å². The quantitative estimate of drug-likeness (QED) is 0.134. The summed E-state index contributed by atoms with van der Waals surface area (Å²) in [5.74, 6) is -0.970. The zero-order chi connectivity index (χ0) is 28.2. The summed E-state index contributed by atoms with van der Waals surface area (Å²) in [5.41, 5.74) is -0.243. The van der Waals surface area contributed by atoms with E-state index in [1.54, 1.807) is 31.5 Å². The molecule has 0 amide bonds. The smallest absolute Gasteiger partial charge is 0.393 e. The summed E-state index contributed by atoms with van der Waals surface area (Å²) in [6.45, 7) is 0.649. The van der Waals surface area contributed by atoms with Crippen LogP contribution in [0.4, 0.5) is 23.2 Å². The van der Waals surface area contributed by atoms with Crippen LogP contribution in [0, 0.1) is 22.1 Å². The summed E-state index contributed by atoms with van der Waals surface area (Å²) in [5, 5.41) is 21.8. The van der Waals surface area contributed by atoms with E-state index in [1.165, 1.54) is 30.3 Å². The second-order valence-corrected chi connectivity index (χ2v) is 10.3. The van der Waals surface area contributed by atoms with E-state index in [2.05, 4.69) is 15.6 Å². The van der Waals surface area contributed by atoms with Gasteiger partial charge in [-0.3, -0.25) is 9.78 Å². The first kappa shape index (κ1) is 28.2. The zero-order valence-corrected chi connectivity index (χ0v) is 21.7. The van der Waals surface area contributed by atoms with Gasteiger partial charge in [-0.05, 0) is 72.8 Å². The highest BCUT2D eigenvalue weighted by Gasteiger charge is 2.49. The lowest BCUT2D eigenvalue weighted by Gasteiger charge is -2.45. The number of rotatable bonds is 9. The molecule has 1 aromatic heterocycles. The number of carbonyl (C=O) groups excluding carboxylic acids is 1. The maximum Gasteiger partial charge on any atom is 0.416 e. The Labute approximate surface area is 227 Å². The topological polar surface area (TPSA) is 105 Å². The van der Waals surface area contributed by atoms with Crippen LogP contribution in [-0.4, -0.2) is 47.6 Å². The second kappa shape index (κ2) is 11.5. The van der Waals surface area contributed by atoms with Crippen LogP contribution in [-0.2, 0) is 6.18 Å². The van der Waals surface area contributed by atoms with E-state index in [0.717, 1.165) is 24.5 Å². The van der Waals surface area contributed by atoms with Gasteiger partial charge in [0.25, 0.3) is 0 Å². The van der Waals surface area contributed by atoms with Crippen LogP contribution in [0.3, 0.4) is 0 Å². The highest BCUT2D eigenvalue weighted by Crippen LogP contribution is 2.48. The van der Waals surface area contributed by atoms with E-state index in [0.29, 0.717) is 40.4 Å². The van der Waals surface area contributed by atoms with E-state index in [4.69, 9.17) is 10.8 Å². The molecule has 0 radical (unpaired) electrons. The maximum absolute atomic E-state index is 14.1. The van der Waals surface area contributed by atoms with Gasteiger partial charge in [-0.2, -0.15) is 13.2 Å². The molecular formula is C27H26F4N6OS. The average Bonchev–Trinajstić information content (AvgIpc) is 2.93. The monoisotopic (exact) mass is 558 g/mol. The van der Waals surface area contributed by atoms with E-state index < -0.39 is 28.8 Å². The highest BCUT2D eigenvalue weighted by molar-refractivity contribution is 8.01. The average molecular weight is 559 g/mol. The first-order valence-electron chi connectivity index (χ1n) is 12.0. The summed E-state index contributed by atoms with van der Waals surface area (Å²) < 4.78 is 55.7. The molecule has 7 nitrogen and oxygen atoms in total. The van der Waals surface area contributed by atoms with Crippen LogP contribution in [0.25, 0.3) is 0 Å². The Balaban J connectivity index is 1.76. The van der Waals surface area contributed by atoms with Crippen LogP contribution < -0.4 is 10.6 Å². The number of ketones is 1. The largest absolute Gasteiger partial charge is 0.416 e. The third-order valence-corrected chi connectivity index (χ3v) is 7.58. The predicted molar refractivity (Wildman–Crippen MR) is 144 cm³/mol. The van der Waals surface area contributed by atoms with Gasteiger partial charge in [0.15, 0.2) is 5.78 Å². The molecule has 1 aliphatic heterocycles. The first-order valence-corrected chi connectivity index (χ1v) is 12.7. The second-order valence-electron chi connectivity index (χ2n) is 9.08. The number of allylic oxidation sites excluding steroid dienone is 3. The summed E-state index contributed by atoms with van der Waals surface area (Å²) in [4.78, 5) is 18.7. The number of Topliss-reactive ketones (excluding diaryl/α,β-unsaturated/α-hetero) is 1. The molecule has 1 aliphatic carbocycles. The number of aromatic nitrogens is 1. The number of fused-ring (bicyclic) bond motifs is 1. The Hall–Kier alpha value is -3.77. The van der Waals surface area contributed by atoms with Crippen molar-refractivity contribution in [1.82, 2.24) is 14.6 Å². The number of piperidine rings is 1. The van der Waals surface area contributed by atoms with Crippen LogP contribution >= 0.6 is 11.9 Å². The van der Waals surface area contributed by atoms with E-state index in [1.807, 2.05) is 4.31 Å². The van der Waals surface area contributed by atoms with Crippen LogP contribution in [0.15, 0.2) is 76.6 Å². The molecule has 204 valence electrons. The van der Waals surface area contributed by atoms with Crippen molar-refractivity contribution in [2.75, 3.05) is 25.5 Å². The van der Waals surface area contributed by atoms with E-state index in [-0.39, 0.29) is 18.7 Å². The maximum atomic E-state index is 14.1. The Morgan fingerprint density at radius 2 is 1.95 bits per heavy atom. The van der Waals surface area contributed by atoms with Gasteiger partial charge in [-0.25, -0.2) is 8.70 Å². The number of alkyl halides is 3. The normalized spacial score (nSPS) is 20.1. The van der Waals surface area contributed by atoms with Crippen molar-refractivity contribution in [3.05, 3.63) is 93.7 Å². The molecule has 2 heterocycles. The van der Waals surface area contributed by atoms with Gasteiger partial charge >= 0.3 is 6.18 Å². The fourth-order valence-corrected chi connectivity index (χ4v) is 5.69. The number of nitrogens with zero attached hydrogens (tertiary/aromatic N) is 2. The van der Waals surface area contributed by atoms with Gasteiger partial charge in [-0.15, -0.1) is 0 Å². The summed E-state index contributed by atoms with van der Waals surface area (Å²) in [7, 11) is 1.70. The number of hydrogen-bond donors (Lipinski definition) is 4. The summed E-state index contributed by atoms with van der Waals surface area (Å²) in [6.07, 6.45) is 2.50. The van der Waals surface area contributed by atoms with Crippen molar-refractivity contribution in [2.45, 2.75) is 19.0 Å². The molecule has 1 aromatic carbocycles. The van der Waals surface area contributed by atoms with Gasteiger partial charge in [0.1, 0.15) is 11.5 Å². The molecule has 0 spiro atoms. The lowest BCUT2D eigenvalue weighted by molar-refractivity contribution is -0.137. The molecule has 4 rings (SSSR count). The molecule has 2 aliphatic rings. The van der Waals surface area contributed by atoms with Gasteiger partial charge in [0.05, 0.1) is 15.9 Å². The molecule has 12 heteroatoms. The zero-order valence-electron chi connectivity index (χ0n) is 20.9. The number of carbonyl (C=O) groups is 1. The van der Waals surface area contributed by atoms with Crippen molar-refractivity contribution in [2.24, 2.45) is 5.41 Å². The molecular weight excluding hydrogens is 532 g/mol. The van der Waals surface area contributed by atoms with E-state index >= 15 is 0 Å². The van der Waals surface area contributed by atoms with Gasteiger partial charge in [0, 0.05) is 56.3 Å². The SMILES string of the molecule is CN/C=C(\C=N)SN1CCC2=CC(Nc3ccc(F)cc3)=C(C=N)CC2(C(=O)c2cc(C(F)(F)F)ccn2)C1. The Bertz CT molecular complexity index is 1370. The minimum Gasteiger partial charge on any atom is -0.393 e. The number of nitrogens with one attached hydrogen (secondary N) is 4. The van der Waals surface area contributed by atoms with Gasteiger partial charge < -0.3 is 21.5 Å². The van der Waals surface area contributed by atoms with Crippen molar-refractivity contribution in [1.29, 1.82) is 10.8 Å². The third-order valence-electron chi connectivity index (χ3n) is 6.56. The standard InChI is InChI=1S/C27H26F4N6OS/c1-34-15-22(14-33)39-37-9-7-18-10-23(36-21-4-2-20(28)3-5-21)17(13-32)12-26(18,16-37)25(38)24-11-19(6-8-35-24)27(29,30)31/h2-6,8,10-11,13-15,32-34,36H,7,9,12,16H2,1H3/b22-15+,32-13?,33-14?. The molecule has 39 heavy (non-hydrogen) atoms. The van der Waals surface area contributed by atoms with Crippen LogP contribution in [0.2, 0.25) is 0 Å². The summed E-state index contributed by atoms with van der Waals surface area (Å²) in [6, 6.07) is 7.28. The molecule has 1 atom stereocenters. The molecule has 1 saturated heterocycles. The Morgan fingerprint density at radius 3 is 2.59 bits per heavy atom. The number of anilines is 1. The van der Waals surface area contributed by atoms with Gasteiger partial charge in [-0.1, -0.05) is 5.57 Å². The molecule has 0 saturated carbocycles. The minimum atomic E-state index is -4.64. The number of benzene rings is 1. The summed E-state index contributed by atoms with van der Waals surface area (Å²) >= 11 is 1.26. The predicted octanol–water partition coefficient (Wildman–Crippen LogP) is 5.82. The lowest BCUT2D eigenvalue weighted by Crippen LogP contribution is -2.49. The van der Waals surface area contributed by atoms with Crippen LogP contribution in [0.5, 0.6) is 0 Å².